The van der Waals surface area contributed by atoms with Gasteiger partial charge in [-0.25, -0.2) is 24.4 Å². The van der Waals surface area contributed by atoms with Crippen molar-refractivity contribution in [3.63, 3.8) is 0 Å². The highest BCUT2D eigenvalue weighted by atomic mass is 19.4. The number of halogens is 3. The minimum absolute atomic E-state index is 0.00332. The highest BCUT2D eigenvalue weighted by Gasteiger charge is 2.41. The number of ether oxygens (including phenoxy) is 1. The number of aromatic nitrogens is 6. The van der Waals surface area contributed by atoms with Crippen LogP contribution in [0.1, 0.15) is 38.7 Å². The van der Waals surface area contributed by atoms with Gasteiger partial charge in [-0.2, -0.15) is 18.3 Å². The van der Waals surface area contributed by atoms with Crippen LogP contribution in [-0.4, -0.2) is 66.1 Å². The number of nitrogens with one attached hydrogen (secondary N) is 1. The molecule has 36 heavy (non-hydrogen) atoms. The summed E-state index contributed by atoms with van der Waals surface area (Å²) in [7, 11) is 1.41. The number of nitrogens with zero attached hydrogens (tertiary/aromatic N) is 6. The van der Waals surface area contributed by atoms with Gasteiger partial charge < -0.3 is 14.6 Å². The van der Waals surface area contributed by atoms with E-state index in [9.17, 15) is 18.0 Å². The topological polar surface area (TPSA) is 102 Å². The van der Waals surface area contributed by atoms with Crippen LogP contribution in [0.5, 0.6) is 0 Å². The van der Waals surface area contributed by atoms with Crippen LogP contribution in [0.4, 0.5) is 18.0 Å². The molecule has 1 N–H and O–H groups in total. The zero-order chi connectivity index (χ0) is 26.1. The summed E-state index contributed by atoms with van der Waals surface area (Å²) in [6.45, 7) is 4.96. The number of hydrogen-bond acceptors (Lipinski definition) is 6. The van der Waals surface area contributed by atoms with E-state index >= 15 is 0 Å². The van der Waals surface area contributed by atoms with Gasteiger partial charge in [0.2, 0.25) is 0 Å². The molecule has 1 amide bonds. The number of pyridine rings is 2. The Bertz CT molecular complexity index is 1340. The lowest BCUT2D eigenvalue weighted by Gasteiger charge is -2.27. The zero-order valence-corrected chi connectivity index (χ0v) is 20.2. The molecule has 0 aliphatic rings. The van der Waals surface area contributed by atoms with Crippen LogP contribution in [0.3, 0.4) is 0 Å². The summed E-state index contributed by atoms with van der Waals surface area (Å²) in [5, 5.41) is 4.30. The van der Waals surface area contributed by atoms with Crippen molar-refractivity contribution >= 4 is 17.3 Å². The van der Waals surface area contributed by atoms with Crippen LogP contribution in [0.25, 0.3) is 28.1 Å². The molecule has 4 aromatic heterocycles. The van der Waals surface area contributed by atoms with E-state index in [4.69, 9.17) is 4.74 Å². The average molecular weight is 502 g/mol. The van der Waals surface area contributed by atoms with Crippen LogP contribution in [-0.2, 0) is 4.74 Å². The van der Waals surface area contributed by atoms with Crippen molar-refractivity contribution < 1.29 is 22.7 Å². The number of aromatic amines is 1. The van der Waals surface area contributed by atoms with E-state index in [0.717, 1.165) is 16.0 Å². The highest BCUT2D eigenvalue weighted by molar-refractivity contribution is 5.88. The first-order chi connectivity index (χ1) is 16.9. The Morgan fingerprint density at radius 2 is 1.92 bits per heavy atom. The molecule has 0 aromatic carbocycles. The first kappa shape index (κ1) is 25.1. The van der Waals surface area contributed by atoms with Crippen LogP contribution in [0, 0.1) is 0 Å². The number of carbonyl (C=O) groups excluding carboxylic acids is 1. The van der Waals surface area contributed by atoms with Gasteiger partial charge in [-0.3, -0.25) is 0 Å². The molecular weight excluding hydrogens is 475 g/mol. The molecule has 0 bridgehead atoms. The van der Waals surface area contributed by atoms with Gasteiger partial charge in [0, 0.05) is 43.3 Å². The van der Waals surface area contributed by atoms with Crippen molar-refractivity contribution in [2.24, 2.45) is 0 Å². The zero-order valence-electron chi connectivity index (χ0n) is 20.2. The lowest BCUT2D eigenvalue weighted by atomic mass is 9.96. The number of amides is 1. The molecule has 4 aromatic rings. The Morgan fingerprint density at radius 3 is 2.58 bits per heavy atom. The van der Waals surface area contributed by atoms with Crippen molar-refractivity contribution in [1.29, 1.82) is 0 Å². The molecule has 190 valence electrons. The van der Waals surface area contributed by atoms with Gasteiger partial charge in [-0.1, -0.05) is 6.07 Å². The second kappa shape index (κ2) is 9.59. The van der Waals surface area contributed by atoms with Crippen LogP contribution < -0.4 is 0 Å². The fraction of sp³-hybridized carbons (Fsp3) is 0.375. The third-order valence-corrected chi connectivity index (χ3v) is 5.47. The molecule has 12 heteroatoms. The summed E-state index contributed by atoms with van der Waals surface area (Å²) in [6, 6.07) is 4.68. The molecule has 1 atom stereocenters. The third-order valence-electron chi connectivity index (χ3n) is 5.47. The van der Waals surface area contributed by atoms with E-state index in [0.29, 0.717) is 17.0 Å². The van der Waals surface area contributed by atoms with E-state index in [-0.39, 0.29) is 18.5 Å². The number of imidazole rings is 1. The SMILES string of the molecule is CN(CCC(c1ccc(-n2cc(-c3ccnc4[nH]cnc34)cn2)nc1)C(F)(F)F)C(=O)OC(C)(C)C. The highest BCUT2D eigenvalue weighted by Crippen LogP contribution is 2.37. The quantitative estimate of drug-likeness (QED) is 0.394. The van der Waals surface area contributed by atoms with Crippen molar-refractivity contribution in [3.8, 4) is 16.9 Å². The van der Waals surface area contributed by atoms with Gasteiger partial charge in [-0.05, 0) is 44.9 Å². The van der Waals surface area contributed by atoms with Crippen molar-refractivity contribution in [3.05, 3.63) is 54.9 Å². The molecule has 0 saturated carbocycles. The molecule has 0 fully saturated rings. The maximum Gasteiger partial charge on any atom is 0.410 e. The normalized spacial score (nSPS) is 13.1. The summed E-state index contributed by atoms with van der Waals surface area (Å²) in [5.41, 5.74) is 2.17. The van der Waals surface area contributed by atoms with Gasteiger partial charge in [0.25, 0.3) is 0 Å². The number of hydrogen-bond donors (Lipinski definition) is 1. The molecule has 0 spiro atoms. The first-order valence-electron chi connectivity index (χ1n) is 11.2. The molecule has 1 unspecified atom stereocenters. The third kappa shape index (κ3) is 5.64. The minimum atomic E-state index is -4.51. The van der Waals surface area contributed by atoms with Gasteiger partial charge >= 0.3 is 12.3 Å². The molecule has 0 aliphatic carbocycles. The average Bonchev–Trinajstić information content (AvgIpc) is 3.47. The Kier molecular flexibility index (Phi) is 6.70. The van der Waals surface area contributed by atoms with Crippen molar-refractivity contribution in [2.45, 2.75) is 44.9 Å². The number of fused-ring (bicyclic) bond motifs is 1. The number of carbonyl (C=O) groups is 1. The molecule has 0 aliphatic heterocycles. The Balaban J connectivity index is 1.50. The molecular formula is C24H26F3N7O2. The summed E-state index contributed by atoms with van der Waals surface area (Å²) in [5.74, 6) is -1.42. The summed E-state index contributed by atoms with van der Waals surface area (Å²) < 4.78 is 48.2. The first-order valence-corrected chi connectivity index (χ1v) is 11.2. The second-order valence-corrected chi connectivity index (χ2v) is 9.37. The molecule has 0 radical (unpaired) electrons. The molecule has 0 saturated heterocycles. The number of alkyl halides is 3. The van der Waals surface area contributed by atoms with Gasteiger partial charge in [0.1, 0.15) is 11.1 Å². The number of rotatable bonds is 6. The van der Waals surface area contributed by atoms with Crippen molar-refractivity contribution in [2.75, 3.05) is 13.6 Å². The van der Waals surface area contributed by atoms with Crippen LogP contribution >= 0.6 is 0 Å². The Morgan fingerprint density at radius 1 is 1.14 bits per heavy atom. The predicted octanol–water partition coefficient (Wildman–Crippen LogP) is 5.11. The largest absolute Gasteiger partial charge is 0.444 e. The van der Waals surface area contributed by atoms with E-state index < -0.39 is 23.8 Å². The maximum absolute atomic E-state index is 13.9. The molecule has 4 heterocycles. The predicted molar refractivity (Wildman–Crippen MR) is 127 cm³/mol. The Hall–Kier alpha value is -3.96. The summed E-state index contributed by atoms with van der Waals surface area (Å²) >= 11 is 0. The van der Waals surface area contributed by atoms with E-state index in [1.807, 2.05) is 6.07 Å². The summed E-state index contributed by atoms with van der Waals surface area (Å²) in [6.07, 6.45) is 2.24. The summed E-state index contributed by atoms with van der Waals surface area (Å²) in [4.78, 5) is 28.9. The smallest absolute Gasteiger partial charge is 0.410 e. The van der Waals surface area contributed by atoms with E-state index in [1.54, 1.807) is 45.7 Å². The van der Waals surface area contributed by atoms with E-state index in [1.165, 1.54) is 30.1 Å². The second-order valence-electron chi connectivity index (χ2n) is 9.37. The monoisotopic (exact) mass is 501 g/mol. The number of H-pyrrole nitrogens is 1. The fourth-order valence-electron chi connectivity index (χ4n) is 3.68. The lowest BCUT2D eigenvalue weighted by molar-refractivity contribution is -0.152. The fourth-order valence-corrected chi connectivity index (χ4v) is 3.68. The van der Waals surface area contributed by atoms with Gasteiger partial charge in [-0.15, -0.1) is 0 Å². The molecule has 9 nitrogen and oxygen atoms in total. The Labute approximate surface area is 205 Å². The van der Waals surface area contributed by atoms with E-state index in [2.05, 4.69) is 25.0 Å². The van der Waals surface area contributed by atoms with Crippen LogP contribution in [0.2, 0.25) is 0 Å². The maximum atomic E-state index is 13.9. The minimum Gasteiger partial charge on any atom is -0.444 e. The van der Waals surface area contributed by atoms with Gasteiger partial charge in [0.05, 0.1) is 18.4 Å². The van der Waals surface area contributed by atoms with Crippen LogP contribution in [0.15, 0.2) is 49.3 Å². The lowest BCUT2D eigenvalue weighted by Crippen LogP contribution is -2.36. The van der Waals surface area contributed by atoms with Gasteiger partial charge in [0.15, 0.2) is 11.5 Å². The standard InChI is InChI=1S/C24H26F3N7O2/c1-23(2,3)36-22(35)33(4)10-8-18(24(25,26)27)15-5-6-19(29-11-15)34-13-16(12-32-34)17-7-9-28-21-20(17)30-14-31-21/h5-7,9,11-14,18H,8,10H2,1-4H3,(H,28,30,31). The van der Waals surface area contributed by atoms with Crippen molar-refractivity contribution in [1.82, 2.24) is 34.6 Å². The molecule has 4 rings (SSSR count).